The monoisotopic (exact) mass is 501 g/mol. The minimum atomic E-state index is -4.12. The molecular formula is C17H13Br2NO5S. The Morgan fingerprint density at radius 3 is 2.38 bits per heavy atom. The molecule has 136 valence electrons. The van der Waals surface area contributed by atoms with Crippen LogP contribution in [0.5, 0.6) is 17.2 Å². The van der Waals surface area contributed by atoms with Crippen molar-refractivity contribution >= 4 is 52.9 Å². The van der Waals surface area contributed by atoms with Crippen LogP contribution in [-0.4, -0.2) is 27.6 Å². The number of nitrogens with zero attached hydrogens (tertiary/aromatic N) is 1. The van der Waals surface area contributed by atoms with Gasteiger partial charge in [-0.1, -0.05) is 22.0 Å². The number of hydrogen-bond acceptors (Lipinski definition) is 6. The van der Waals surface area contributed by atoms with Gasteiger partial charge in [-0.3, -0.25) is 4.98 Å². The molecule has 1 aromatic heterocycles. The minimum absolute atomic E-state index is 0.0611. The standard InChI is InChI=1S/C17H13Br2NO5S/c1-23-14-6-5-10(8-15(14)24-2)26(21,22)25-17-13(19)9-12(18)11-4-3-7-20-16(11)17/h3-9H,1-2H3. The first-order valence-corrected chi connectivity index (χ1v) is 10.3. The number of pyridine rings is 1. The van der Waals surface area contributed by atoms with Crippen molar-refractivity contribution in [2.24, 2.45) is 0 Å². The van der Waals surface area contributed by atoms with Gasteiger partial charge in [0.2, 0.25) is 0 Å². The molecule has 1 heterocycles. The third-order valence-electron chi connectivity index (χ3n) is 3.59. The number of ether oxygens (including phenoxy) is 2. The number of aromatic nitrogens is 1. The molecule has 2 aromatic carbocycles. The molecule has 0 N–H and O–H groups in total. The van der Waals surface area contributed by atoms with Crippen LogP contribution in [0.1, 0.15) is 0 Å². The van der Waals surface area contributed by atoms with Crippen molar-refractivity contribution in [1.29, 1.82) is 0 Å². The van der Waals surface area contributed by atoms with E-state index in [0.717, 1.165) is 9.86 Å². The summed E-state index contributed by atoms with van der Waals surface area (Å²) in [5.74, 6) is 0.817. The summed E-state index contributed by atoms with van der Waals surface area (Å²) in [6, 6.07) is 9.52. The lowest BCUT2D eigenvalue weighted by atomic mass is 10.2. The zero-order chi connectivity index (χ0) is 18.9. The van der Waals surface area contributed by atoms with Gasteiger partial charge in [-0.25, -0.2) is 0 Å². The van der Waals surface area contributed by atoms with E-state index in [1.54, 1.807) is 18.3 Å². The summed E-state index contributed by atoms with van der Waals surface area (Å²) in [5.41, 5.74) is 0.415. The molecule has 0 radical (unpaired) electrons. The molecule has 26 heavy (non-hydrogen) atoms. The van der Waals surface area contributed by atoms with Crippen LogP contribution in [0.4, 0.5) is 0 Å². The van der Waals surface area contributed by atoms with E-state index in [-0.39, 0.29) is 16.4 Å². The highest BCUT2D eigenvalue weighted by atomic mass is 79.9. The van der Waals surface area contributed by atoms with Gasteiger partial charge < -0.3 is 13.7 Å². The molecule has 0 aliphatic rings. The third-order valence-corrected chi connectivity index (χ3v) is 6.05. The fraction of sp³-hybridized carbons (Fsp3) is 0.118. The maximum Gasteiger partial charge on any atom is 0.339 e. The van der Waals surface area contributed by atoms with Crippen molar-refractivity contribution in [2.45, 2.75) is 4.90 Å². The lowest BCUT2D eigenvalue weighted by molar-refractivity contribution is 0.353. The summed E-state index contributed by atoms with van der Waals surface area (Å²) >= 11 is 6.78. The second kappa shape index (κ2) is 7.42. The maximum absolute atomic E-state index is 12.8. The number of fused-ring (bicyclic) bond motifs is 1. The molecular weight excluding hydrogens is 490 g/mol. The molecule has 0 bridgehead atoms. The van der Waals surface area contributed by atoms with E-state index in [0.29, 0.717) is 15.7 Å². The summed E-state index contributed by atoms with van der Waals surface area (Å²) in [6.07, 6.45) is 1.57. The van der Waals surface area contributed by atoms with E-state index in [1.165, 1.54) is 32.4 Å². The Balaban J connectivity index is 2.10. The number of benzene rings is 2. The predicted octanol–water partition coefficient (Wildman–Crippen LogP) is 4.54. The molecule has 0 unspecified atom stereocenters. The lowest BCUT2D eigenvalue weighted by Gasteiger charge is -2.13. The molecule has 0 aliphatic heterocycles. The van der Waals surface area contributed by atoms with Crippen LogP contribution in [0.2, 0.25) is 0 Å². The molecule has 0 saturated carbocycles. The van der Waals surface area contributed by atoms with Gasteiger partial charge in [0.15, 0.2) is 17.2 Å². The van der Waals surface area contributed by atoms with Gasteiger partial charge in [0.25, 0.3) is 0 Å². The van der Waals surface area contributed by atoms with Crippen molar-refractivity contribution < 1.29 is 22.1 Å². The summed E-state index contributed by atoms with van der Waals surface area (Å²) in [6.45, 7) is 0. The van der Waals surface area contributed by atoms with Gasteiger partial charge in [0, 0.05) is 22.1 Å². The van der Waals surface area contributed by atoms with Crippen LogP contribution >= 0.6 is 31.9 Å². The molecule has 0 spiro atoms. The Labute approximate surface area is 167 Å². The number of hydrogen-bond donors (Lipinski definition) is 0. The van der Waals surface area contributed by atoms with Crippen molar-refractivity contribution in [3.05, 3.63) is 51.5 Å². The molecule has 0 aliphatic carbocycles. The van der Waals surface area contributed by atoms with E-state index in [2.05, 4.69) is 36.8 Å². The van der Waals surface area contributed by atoms with E-state index in [1.807, 2.05) is 6.07 Å². The highest BCUT2D eigenvalue weighted by molar-refractivity contribution is 9.11. The van der Waals surface area contributed by atoms with Crippen LogP contribution in [0.15, 0.2) is 56.4 Å². The Kier molecular flexibility index (Phi) is 5.40. The summed E-state index contributed by atoms with van der Waals surface area (Å²) in [4.78, 5) is 4.19. The number of rotatable bonds is 5. The Morgan fingerprint density at radius 1 is 0.962 bits per heavy atom. The zero-order valence-corrected chi connectivity index (χ0v) is 17.7. The van der Waals surface area contributed by atoms with Crippen LogP contribution in [0, 0.1) is 0 Å². The first-order valence-electron chi connectivity index (χ1n) is 7.26. The summed E-state index contributed by atoms with van der Waals surface area (Å²) in [7, 11) is -1.22. The fourth-order valence-electron chi connectivity index (χ4n) is 2.36. The smallest absolute Gasteiger partial charge is 0.339 e. The predicted molar refractivity (Wildman–Crippen MR) is 105 cm³/mol. The highest BCUT2D eigenvalue weighted by Crippen LogP contribution is 2.39. The number of halogens is 2. The summed E-state index contributed by atoms with van der Waals surface area (Å²) in [5, 5.41) is 0.730. The average Bonchev–Trinajstić information content (AvgIpc) is 2.64. The van der Waals surface area contributed by atoms with Crippen LogP contribution in [0.3, 0.4) is 0 Å². The van der Waals surface area contributed by atoms with Crippen LogP contribution in [0.25, 0.3) is 10.9 Å². The molecule has 0 amide bonds. The van der Waals surface area contributed by atoms with Crippen molar-refractivity contribution in [3.8, 4) is 17.2 Å². The van der Waals surface area contributed by atoms with Crippen LogP contribution < -0.4 is 13.7 Å². The molecule has 0 saturated heterocycles. The van der Waals surface area contributed by atoms with Crippen LogP contribution in [-0.2, 0) is 10.1 Å². The zero-order valence-electron chi connectivity index (χ0n) is 13.7. The molecule has 3 aromatic rings. The lowest BCUT2D eigenvalue weighted by Crippen LogP contribution is -2.11. The van der Waals surface area contributed by atoms with Gasteiger partial charge in [-0.05, 0) is 40.2 Å². The van der Waals surface area contributed by atoms with Gasteiger partial charge in [-0.2, -0.15) is 8.42 Å². The van der Waals surface area contributed by atoms with Gasteiger partial charge >= 0.3 is 10.1 Å². The molecule has 6 nitrogen and oxygen atoms in total. The quantitative estimate of drug-likeness (QED) is 0.476. The Morgan fingerprint density at radius 2 is 1.69 bits per heavy atom. The van der Waals surface area contributed by atoms with Crippen molar-refractivity contribution in [3.63, 3.8) is 0 Å². The number of methoxy groups -OCH3 is 2. The van der Waals surface area contributed by atoms with Gasteiger partial charge in [0.05, 0.1) is 18.7 Å². The maximum atomic E-state index is 12.8. The van der Waals surface area contributed by atoms with Crippen molar-refractivity contribution in [1.82, 2.24) is 4.98 Å². The second-order valence-corrected chi connectivity index (χ2v) is 8.38. The largest absolute Gasteiger partial charge is 0.493 e. The first-order chi connectivity index (χ1) is 12.4. The Bertz CT molecular complexity index is 1090. The topological polar surface area (TPSA) is 74.7 Å². The minimum Gasteiger partial charge on any atom is -0.493 e. The average molecular weight is 503 g/mol. The third kappa shape index (κ3) is 3.51. The SMILES string of the molecule is COc1ccc(S(=O)(=O)Oc2c(Br)cc(Br)c3cccnc23)cc1OC. The second-order valence-electron chi connectivity index (χ2n) is 5.12. The summed E-state index contributed by atoms with van der Waals surface area (Å²) < 4.78 is 42.5. The normalized spacial score (nSPS) is 11.4. The van der Waals surface area contributed by atoms with Gasteiger partial charge in [-0.15, -0.1) is 0 Å². The van der Waals surface area contributed by atoms with E-state index in [9.17, 15) is 8.42 Å². The van der Waals surface area contributed by atoms with Crippen molar-refractivity contribution in [2.75, 3.05) is 14.2 Å². The van der Waals surface area contributed by atoms with E-state index >= 15 is 0 Å². The van der Waals surface area contributed by atoms with E-state index < -0.39 is 10.1 Å². The highest BCUT2D eigenvalue weighted by Gasteiger charge is 2.23. The molecule has 3 rings (SSSR count). The Hall–Kier alpha value is -1.84. The molecule has 0 fully saturated rings. The first kappa shape index (κ1) is 18.9. The molecule has 0 atom stereocenters. The van der Waals surface area contributed by atoms with Gasteiger partial charge in [0.1, 0.15) is 10.4 Å². The molecule has 9 heteroatoms. The fourth-order valence-corrected chi connectivity index (χ4v) is 4.79. The van der Waals surface area contributed by atoms with E-state index in [4.69, 9.17) is 13.7 Å².